The second-order valence-electron chi connectivity index (χ2n) is 8.64. The lowest BCUT2D eigenvalue weighted by Gasteiger charge is -2.30. The van der Waals surface area contributed by atoms with Crippen LogP contribution in [0.4, 0.5) is 0 Å². The van der Waals surface area contributed by atoms with Gasteiger partial charge in [-0.15, -0.1) is 0 Å². The van der Waals surface area contributed by atoms with Gasteiger partial charge in [0.15, 0.2) is 0 Å². The molecule has 4 heterocycles. The fourth-order valence-corrected chi connectivity index (χ4v) is 4.37. The average Bonchev–Trinajstić information content (AvgIpc) is 2.78. The third kappa shape index (κ3) is 4.44. The minimum Gasteiger partial charge on any atom is -0.371 e. The van der Waals surface area contributed by atoms with Crippen molar-refractivity contribution in [3.8, 4) is 22.4 Å². The minimum absolute atomic E-state index is 0.156. The second-order valence-corrected chi connectivity index (χ2v) is 9.04. The smallest absolute Gasteiger partial charge is 0.260 e. The van der Waals surface area contributed by atoms with Crippen molar-refractivity contribution in [3.05, 3.63) is 69.8 Å². The van der Waals surface area contributed by atoms with Crippen LogP contribution in [0, 0.1) is 13.8 Å². The van der Waals surface area contributed by atoms with Gasteiger partial charge >= 0.3 is 0 Å². The number of ether oxygens (including phenoxy) is 1. The van der Waals surface area contributed by atoms with Gasteiger partial charge in [-0.25, -0.2) is 15.0 Å². The Morgan fingerprint density at radius 3 is 2.68 bits per heavy atom. The van der Waals surface area contributed by atoms with Crippen LogP contribution in [-0.2, 0) is 11.3 Å². The van der Waals surface area contributed by atoms with Gasteiger partial charge < -0.3 is 10.1 Å². The van der Waals surface area contributed by atoms with Crippen molar-refractivity contribution in [2.24, 2.45) is 0 Å². The molecule has 3 aromatic heterocycles. The molecular weight excluding hydrogens is 452 g/mol. The van der Waals surface area contributed by atoms with E-state index in [1.165, 1.54) is 0 Å². The van der Waals surface area contributed by atoms with E-state index < -0.39 is 0 Å². The zero-order valence-corrected chi connectivity index (χ0v) is 20.0. The average molecular weight is 477 g/mol. The lowest BCUT2D eigenvalue weighted by atomic mass is 10.0. The molecule has 0 amide bonds. The zero-order valence-electron chi connectivity index (χ0n) is 19.2. The van der Waals surface area contributed by atoms with Crippen molar-refractivity contribution >= 4 is 22.6 Å². The Morgan fingerprint density at radius 2 is 1.97 bits per heavy atom. The van der Waals surface area contributed by atoms with Crippen LogP contribution in [0.2, 0.25) is 5.02 Å². The summed E-state index contributed by atoms with van der Waals surface area (Å²) in [5.41, 5.74) is 3.93. The molecule has 1 aliphatic rings. The molecule has 1 aliphatic heterocycles. The molecule has 1 N–H and O–H groups in total. The van der Waals surface area contributed by atoms with E-state index in [0.717, 1.165) is 35.4 Å². The van der Waals surface area contributed by atoms with E-state index in [1.807, 2.05) is 45.0 Å². The van der Waals surface area contributed by atoms with Crippen LogP contribution in [0.1, 0.15) is 18.4 Å². The lowest BCUT2D eigenvalue weighted by molar-refractivity contribution is -0.0354. The molecule has 174 valence electrons. The maximum absolute atomic E-state index is 13.7. The molecule has 1 saturated heterocycles. The number of aromatic nitrogens is 5. The number of halogens is 1. The lowest BCUT2D eigenvalue weighted by Crippen LogP contribution is -2.50. The first-order valence-electron chi connectivity index (χ1n) is 11.2. The summed E-state index contributed by atoms with van der Waals surface area (Å²) in [6.45, 7) is 7.71. The van der Waals surface area contributed by atoms with Crippen LogP contribution in [0.5, 0.6) is 0 Å². The van der Waals surface area contributed by atoms with E-state index in [0.29, 0.717) is 34.2 Å². The fraction of sp³-hybridized carbons (Fsp3) is 0.320. The van der Waals surface area contributed by atoms with Crippen molar-refractivity contribution in [3.63, 3.8) is 0 Å². The molecule has 1 aromatic carbocycles. The predicted octanol–water partition coefficient (Wildman–Crippen LogP) is 3.56. The first-order chi connectivity index (χ1) is 16.4. The van der Waals surface area contributed by atoms with Gasteiger partial charge in [-0.1, -0.05) is 23.7 Å². The fourth-order valence-electron chi connectivity index (χ4n) is 4.09. The molecule has 8 nitrogen and oxygen atoms in total. The van der Waals surface area contributed by atoms with E-state index >= 15 is 0 Å². The molecule has 4 aromatic rings. The third-order valence-electron chi connectivity index (χ3n) is 5.87. The molecule has 1 atom stereocenters. The maximum Gasteiger partial charge on any atom is 0.260 e. The molecule has 0 saturated carbocycles. The van der Waals surface area contributed by atoms with Crippen molar-refractivity contribution in [1.82, 2.24) is 29.8 Å². The first kappa shape index (κ1) is 22.6. The summed E-state index contributed by atoms with van der Waals surface area (Å²) in [6, 6.07) is 7.38. The normalized spacial score (nSPS) is 14.8. The summed E-state index contributed by atoms with van der Waals surface area (Å²) in [5.74, 6) is 0.604. The highest BCUT2D eigenvalue weighted by Gasteiger charge is 2.22. The molecule has 5 rings (SSSR count). The monoisotopic (exact) mass is 476 g/mol. The Kier molecular flexibility index (Phi) is 6.12. The summed E-state index contributed by atoms with van der Waals surface area (Å²) >= 11 is 6.70. The second kappa shape index (κ2) is 9.21. The van der Waals surface area contributed by atoms with E-state index in [9.17, 15) is 4.79 Å². The number of aryl methyl sites for hydroxylation is 2. The highest BCUT2D eigenvalue weighted by Crippen LogP contribution is 2.31. The zero-order chi connectivity index (χ0) is 23.8. The maximum atomic E-state index is 13.7. The molecule has 9 heteroatoms. The summed E-state index contributed by atoms with van der Waals surface area (Å²) < 4.78 is 7.74. The SMILES string of the molecule is Cc1cncc(-c2ccc(-c3cc4cnc(C)nc4n(CC(C)OC4CNC4)c3=O)c(Cl)c2)n1. The molecule has 0 aliphatic carbocycles. The van der Waals surface area contributed by atoms with Crippen LogP contribution >= 0.6 is 11.6 Å². The van der Waals surface area contributed by atoms with Crippen LogP contribution in [0.25, 0.3) is 33.4 Å². The van der Waals surface area contributed by atoms with E-state index in [2.05, 4.69) is 25.3 Å². The molecule has 1 unspecified atom stereocenters. The van der Waals surface area contributed by atoms with Gasteiger partial charge in [0.25, 0.3) is 5.56 Å². The molecule has 0 radical (unpaired) electrons. The minimum atomic E-state index is -0.169. The van der Waals surface area contributed by atoms with Gasteiger partial charge in [-0.05, 0) is 32.9 Å². The van der Waals surface area contributed by atoms with Gasteiger partial charge in [0.2, 0.25) is 0 Å². The quantitative estimate of drug-likeness (QED) is 0.454. The van der Waals surface area contributed by atoms with Gasteiger partial charge in [-0.2, -0.15) is 0 Å². The van der Waals surface area contributed by atoms with Crippen molar-refractivity contribution in [2.45, 2.75) is 39.5 Å². The Labute approximate surface area is 202 Å². The van der Waals surface area contributed by atoms with Gasteiger partial charge in [0.1, 0.15) is 11.5 Å². The third-order valence-corrected chi connectivity index (χ3v) is 6.18. The number of fused-ring (bicyclic) bond motifs is 1. The Bertz CT molecular complexity index is 1430. The molecule has 34 heavy (non-hydrogen) atoms. The highest BCUT2D eigenvalue weighted by molar-refractivity contribution is 6.33. The number of rotatable bonds is 6. The van der Waals surface area contributed by atoms with E-state index in [4.69, 9.17) is 16.3 Å². The highest BCUT2D eigenvalue weighted by atomic mass is 35.5. The number of benzene rings is 1. The van der Waals surface area contributed by atoms with E-state index in [1.54, 1.807) is 23.2 Å². The Balaban J connectivity index is 1.59. The van der Waals surface area contributed by atoms with Gasteiger partial charge in [0.05, 0.1) is 36.3 Å². The standard InChI is InChI=1S/C25H25ClN6O2/c1-14-8-27-12-23(30-14)17-4-5-20(22(26)7-17)21-6-18-9-29-16(3)31-24(18)32(25(21)33)13-15(2)34-19-10-28-11-19/h4-9,12,15,19,28H,10-11,13H2,1-3H3. The first-order valence-corrected chi connectivity index (χ1v) is 11.6. The van der Waals surface area contributed by atoms with Crippen molar-refractivity contribution in [1.29, 1.82) is 0 Å². The summed E-state index contributed by atoms with van der Waals surface area (Å²) in [6.07, 6.45) is 5.15. The van der Waals surface area contributed by atoms with Crippen LogP contribution in [0.3, 0.4) is 0 Å². The summed E-state index contributed by atoms with van der Waals surface area (Å²) in [7, 11) is 0. The number of hydrogen-bond acceptors (Lipinski definition) is 7. The predicted molar refractivity (Wildman–Crippen MR) is 132 cm³/mol. The molecule has 0 bridgehead atoms. The van der Waals surface area contributed by atoms with Crippen LogP contribution in [-0.4, -0.2) is 49.8 Å². The van der Waals surface area contributed by atoms with Gasteiger partial charge in [-0.3, -0.25) is 14.3 Å². The summed E-state index contributed by atoms with van der Waals surface area (Å²) in [4.78, 5) is 31.3. The van der Waals surface area contributed by atoms with Crippen LogP contribution < -0.4 is 10.9 Å². The molecule has 1 fully saturated rings. The van der Waals surface area contributed by atoms with E-state index in [-0.39, 0.29) is 17.8 Å². The molecule has 0 spiro atoms. The number of nitrogens with zero attached hydrogens (tertiary/aromatic N) is 5. The molecular formula is C25H25ClN6O2. The number of pyridine rings is 1. The van der Waals surface area contributed by atoms with Gasteiger partial charge in [0, 0.05) is 52.6 Å². The van der Waals surface area contributed by atoms with Crippen molar-refractivity contribution in [2.75, 3.05) is 13.1 Å². The topological polar surface area (TPSA) is 94.8 Å². The Morgan fingerprint density at radius 1 is 1.15 bits per heavy atom. The Hall–Kier alpha value is -3.20. The summed E-state index contributed by atoms with van der Waals surface area (Å²) in [5, 5.41) is 4.42. The van der Waals surface area contributed by atoms with Crippen molar-refractivity contribution < 1.29 is 4.74 Å². The number of hydrogen-bond donors (Lipinski definition) is 1. The largest absolute Gasteiger partial charge is 0.371 e. The van der Waals surface area contributed by atoms with Crippen LogP contribution in [0.15, 0.2) is 47.7 Å². The number of nitrogens with one attached hydrogen (secondary N) is 1.